The van der Waals surface area contributed by atoms with E-state index in [-0.39, 0.29) is 45.9 Å². The molecule has 15 nitrogen and oxygen atoms in total. The lowest BCUT2D eigenvalue weighted by molar-refractivity contribution is -0.139. The minimum absolute atomic E-state index is 0.0465. The summed E-state index contributed by atoms with van der Waals surface area (Å²) in [5.41, 5.74) is 1.59. The van der Waals surface area contributed by atoms with Gasteiger partial charge in [0, 0.05) is 24.5 Å². The minimum Gasteiger partial charge on any atom is -0.481 e. The molecule has 1 rings (SSSR count). The first-order chi connectivity index (χ1) is 18.9. The molecule has 0 bridgehead atoms. The van der Waals surface area contributed by atoms with E-state index >= 15 is 0 Å². The van der Waals surface area contributed by atoms with Crippen molar-refractivity contribution in [2.75, 3.05) is 33.0 Å². The standard InChI is InChI=1S/C9H6N2O2.C6H10O4.C5H8O3.C3H8O2.C2H6O2/c1-7-8(10-5-12)3-2-4-9(7)11-6-13;7-5(8)3-1-2-4-6(9)10;1-2-5(7)8-4-3-6;1-3(5)2-4;3-1-2-4/h2-4H,1H3;1-4H2,(H,7,8)(H,9,10);2,6H,1,3-4H2;3-5H,2H2,1H3;3-4H,1-2H2. The number of carboxylic acids is 2. The van der Waals surface area contributed by atoms with Crippen LogP contribution in [0.25, 0.3) is 0 Å². The zero-order valence-corrected chi connectivity index (χ0v) is 22.4. The minimum atomic E-state index is -0.870. The van der Waals surface area contributed by atoms with Crippen LogP contribution >= 0.6 is 0 Å². The Morgan fingerprint density at radius 1 is 0.925 bits per heavy atom. The molecule has 0 saturated carbocycles. The molecule has 0 saturated heterocycles. The van der Waals surface area contributed by atoms with E-state index in [1.165, 1.54) is 19.1 Å². The Bertz CT molecular complexity index is 869. The maximum absolute atomic E-state index is 10.1. The van der Waals surface area contributed by atoms with Crippen molar-refractivity contribution in [2.24, 2.45) is 9.98 Å². The number of unbranched alkanes of at least 4 members (excludes halogenated alkanes) is 1. The highest BCUT2D eigenvalue weighted by atomic mass is 16.5. The van der Waals surface area contributed by atoms with Gasteiger partial charge in [0.2, 0.25) is 12.2 Å². The van der Waals surface area contributed by atoms with Gasteiger partial charge in [-0.1, -0.05) is 12.6 Å². The van der Waals surface area contributed by atoms with Gasteiger partial charge in [-0.2, -0.15) is 9.98 Å². The average molecular weight is 575 g/mol. The fourth-order valence-corrected chi connectivity index (χ4v) is 1.71. The Kier molecular flexibility index (Phi) is 35.4. The van der Waals surface area contributed by atoms with Crippen LogP contribution in [0.15, 0.2) is 40.8 Å². The number of ether oxygens (including phenoxy) is 1. The Balaban J connectivity index is -0.000000216. The van der Waals surface area contributed by atoms with Gasteiger partial charge in [-0.15, -0.1) is 0 Å². The lowest BCUT2D eigenvalue weighted by atomic mass is 10.1. The lowest BCUT2D eigenvalue weighted by Gasteiger charge is -1.99. The van der Waals surface area contributed by atoms with E-state index in [0.717, 1.165) is 6.08 Å². The van der Waals surface area contributed by atoms with Crippen molar-refractivity contribution < 1.29 is 64.5 Å². The number of aliphatic imine (C=N–C) groups is 2. The second-order valence-electron chi connectivity index (χ2n) is 6.90. The van der Waals surface area contributed by atoms with Gasteiger partial charge in [0.05, 0.1) is 43.9 Å². The third kappa shape index (κ3) is 36.1. The van der Waals surface area contributed by atoms with Crippen molar-refractivity contribution in [3.63, 3.8) is 0 Å². The summed E-state index contributed by atoms with van der Waals surface area (Å²) in [4.78, 5) is 56.8. The summed E-state index contributed by atoms with van der Waals surface area (Å²) >= 11 is 0. The summed E-state index contributed by atoms with van der Waals surface area (Å²) in [6, 6.07) is 4.94. The predicted octanol–water partition coefficient (Wildman–Crippen LogP) is 0.684. The van der Waals surface area contributed by atoms with Gasteiger partial charge in [-0.25, -0.2) is 14.4 Å². The van der Waals surface area contributed by atoms with E-state index in [0.29, 0.717) is 29.8 Å². The summed E-state index contributed by atoms with van der Waals surface area (Å²) in [6.07, 6.45) is 4.37. The van der Waals surface area contributed by atoms with Gasteiger partial charge in [-0.3, -0.25) is 9.59 Å². The third-order valence-corrected chi connectivity index (χ3v) is 3.51. The highest BCUT2D eigenvalue weighted by molar-refractivity contribution is 5.81. The van der Waals surface area contributed by atoms with E-state index in [1.807, 2.05) is 0 Å². The molecule has 1 unspecified atom stereocenters. The SMILES string of the molecule is C=CC(=O)OCCO.CC(O)CO.Cc1c(N=C=O)cccc1N=C=O.O=C(O)CCCCC(=O)O.OCCO. The number of rotatable bonds is 12. The molecular weight excluding hydrogens is 536 g/mol. The second kappa shape index (κ2) is 33.0. The van der Waals surface area contributed by atoms with E-state index in [9.17, 15) is 24.0 Å². The van der Waals surface area contributed by atoms with Crippen LogP contribution in [0.3, 0.4) is 0 Å². The van der Waals surface area contributed by atoms with Crippen LogP contribution in [0.1, 0.15) is 38.2 Å². The average Bonchev–Trinajstić information content (AvgIpc) is 2.93. The number of aliphatic carboxylic acids is 2. The zero-order chi connectivity index (χ0) is 31.8. The Labute approximate surface area is 231 Å². The van der Waals surface area contributed by atoms with Crippen molar-refractivity contribution in [3.05, 3.63) is 36.4 Å². The van der Waals surface area contributed by atoms with Crippen LogP contribution in [0, 0.1) is 6.92 Å². The first-order valence-corrected chi connectivity index (χ1v) is 11.5. The van der Waals surface area contributed by atoms with E-state index in [2.05, 4.69) is 21.3 Å². The molecule has 1 aromatic rings. The normalized spacial score (nSPS) is 9.28. The maximum Gasteiger partial charge on any atom is 0.330 e. The molecule has 0 radical (unpaired) electrons. The van der Waals surface area contributed by atoms with Crippen LogP contribution in [-0.4, -0.2) is 105 Å². The molecule has 1 aromatic carbocycles. The van der Waals surface area contributed by atoms with Crippen molar-refractivity contribution >= 4 is 41.4 Å². The summed E-state index contributed by atoms with van der Waals surface area (Å²) in [6.45, 7) is 5.92. The molecule has 0 spiro atoms. The summed E-state index contributed by atoms with van der Waals surface area (Å²) in [5, 5.41) is 55.6. The highest BCUT2D eigenvalue weighted by Crippen LogP contribution is 2.26. The maximum atomic E-state index is 10.1. The van der Waals surface area contributed by atoms with E-state index in [1.54, 1.807) is 25.1 Å². The smallest absolute Gasteiger partial charge is 0.330 e. The van der Waals surface area contributed by atoms with Crippen LogP contribution < -0.4 is 0 Å². The number of hydrogen-bond acceptors (Lipinski definition) is 13. The molecule has 7 N–H and O–H groups in total. The molecule has 15 heteroatoms. The molecule has 0 amide bonds. The largest absolute Gasteiger partial charge is 0.481 e. The van der Waals surface area contributed by atoms with Crippen molar-refractivity contribution in [1.82, 2.24) is 0 Å². The number of carboxylic acid groups (broad SMARTS) is 2. The Morgan fingerprint density at radius 3 is 1.57 bits per heavy atom. The predicted molar refractivity (Wildman–Crippen MR) is 142 cm³/mol. The molecule has 226 valence electrons. The molecule has 40 heavy (non-hydrogen) atoms. The second-order valence-corrected chi connectivity index (χ2v) is 6.90. The van der Waals surface area contributed by atoms with Gasteiger partial charge >= 0.3 is 17.9 Å². The number of hydrogen-bond donors (Lipinski definition) is 7. The fourth-order valence-electron chi connectivity index (χ4n) is 1.71. The van der Waals surface area contributed by atoms with Gasteiger partial charge in [0.25, 0.3) is 0 Å². The van der Waals surface area contributed by atoms with Gasteiger partial charge in [0.15, 0.2) is 0 Å². The first-order valence-electron chi connectivity index (χ1n) is 11.5. The molecule has 0 aliphatic carbocycles. The highest BCUT2D eigenvalue weighted by Gasteiger charge is 2.01. The number of nitrogens with zero attached hydrogens (tertiary/aromatic N) is 2. The zero-order valence-electron chi connectivity index (χ0n) is 22.4. The number of esters is 1. The van der Waals surface area contributed by atoms with Crippen LogP contribution in [0.5, 0.6) is 0 Å². The molecule has 0 fully saturated rings. The summed E-state index contributed by atoms with van der Waals surface area (Å²) in [7, 11) is 0. The van der Waals surface area contributed by atoms with Gasteiger partial charge < -0.3 is 40.5 Å². The van der Waals surface area contributed by atoms with Gasteiger partial charge in [0.1, 0.15) is 6.61 Å². The Morgan fingerprint density at radius 2 is 1.32 bits per heavy atom. The molecule has 0 heterocycles. The van der Waals surface area contributed by atoms with Crippen molar-refractivity contribution in [2.45, 2.75) is 45.6 Å². The number of aliphatic hydroxyl groups is 5. The van der Waals surface area contributed by atoms with Crippen LogP contribution in [0.4, 0.5) is 11.4 Å². The molecule has 1 atom stereocenters. The number of carbonyl (C=O) groups excluding carboxylic acids is 3. The van der Waals surface area contributed by atoms with Crippen molar-refractivity contribution in [1.29, 1.82) is 0 Å². The summed E-state index contributed by atoms with van der Waals surface area (Å²) < 4.78 is 4.33. The lowest BCUT2D eigenvalue weighted by Crippen LogP contribution is -2.04. The number of aliphatic hydroxyl groups excluding tert-OH is 5. The fraction of sp³-hybridized carbons (Fsp3) is 0.480. The van der Waals surface area contributed by atoms with E-state index < -0.39 is 24.0 Å². The molecule has 0 aliphatic rings. The first kappa shape index (κ1) is 43.0. The monoisotopic (exact) mass is 574 g/mol. The number of isocyanates is 2. The molecular formula is C25H38N2O13. The third-order valence-electron chi connectivity index (χ3n) is 3.51. The van der Waals surface area contributed by atoms with E-state index in [4.69, 9.17) is 35.7 Å². The van der Waals surface area contributed by atoms with Gasteiger partial charge in [-0.05, 0) is 38.8 Å². The quantitative estimate of drug-likeness (QED) is 0.0596. The van der Waals surface area contributed by atoms with Crippen LogP contribution in [0.2, 0.25) is 0 Å². The van der Waals surface area contributed by atoms with Crippen LogP contribution in [-0.2, 0) is 28.7 Å². The molecule has 0 aliphatic heterocycles. The topological polar surface area (TPSA) is 261 Å². The van der Waals surface area contributed by atoms with Crippen molar-refractivity contribution in [3.8, 4) is 0 Å². The molecule has 0 aromatic heterocycles. The Hall–Kier alpha value is -4.07. The summed E-state index contributed by atoms with van der Waals surface area (Å²) in [5.74, 6) is -2.24. The number of carbonyl (C=O) groups is 3. The number of benzene rings is 1.